The highest BCUT2D eigenvalue weighted by Crippen LogP contribution is 2.22. The molecule has 2 N–H and O–H groups in total. The van der Waals surface area contributed by atoms with Gasteiger partial charge in [0.25, 0.3) is 5.91 Å². The highest BCUT2D eigenvalue weighted by atomic mass is 16.2. The average Bonchev–Trinajstić information content (AvgIpc) is 2.47. The highest BCUT2D eigenvalue weighted by Gasteiger charge is 2.12. The Morgan fingerprint density at radius 3 is 2.20 bits per heavy atom. The number of pyridine rings is 1. The number of anilines is 1. The van der Waals surface area contributed by atoms with E-state index in [1.165, 1.54) is 6.07 Å². The number of amides is 1. The molecule has 1 heterocycles. The van der Waals surface area contributed by atoms with Crippen molar-refractivity contribution in [2.45, 2.75) is 26.7 Å². The summed E-state index contributed by atoms with van der Waals surface area (Å²) in [6, 6.07) is 10.5. The van der Waals surface area contributed by atoms with Crippen LogP contribution in [0.2, 0.25) is 0 Å². The Morgan fingerprint density at radius 1 is 1.05 bits per heavy atom. The molecule has 1 aromatic carbocycles. The second-order valence-electron chi connectivity index (χ2n) is 4.54. The fourth-order valence-corrected chi connectivity index (χ4v) is 2.16. The quantitative estimate of drug-likeness (QED) is 0.897. The Balaban J connectivity index is 2.34. The van der Waals surface area contributed by atoms with Gasteiger partial charge in [0.15, 0.2) is 0 Å². The number of rotatable bonds is 4. The Labute approximate surface area is 117 Å². The predicted molar refractivity (Wildman–Crippen MR) is 80.2 cm³/mol. The molecule has 2 rings (SSSR count). The van der Waals surface area contributed by atoms with Gasteiger partial charge in [-0.2, -0.15) is 0 Å². The first-order valence-electron chi connectivity index (χ1n) is 6.77. The fourth-order valence-electron chi connectivity index (χ4n) is 2.16. The number of benzene rings is 1. The molecular formula is C16H18N2O2. The minimum absolute atomic E-state index is 0.269. The first kappa shape index (κ1) is 14.1. The summed E-state index contributed by atoms with van der Waals surface area (Å²) in [4.78, 5) is 26.0. The SMILES string of the molecule is CCc1cccc(CC)c1NC(=O)c1cccc(=O)[nH]1. The molecule has 4 heteroatoms. The summed E-state index contributed by atoms with van der Waals surface area (Å²) in [5.74, 6) is -0.293. The first-order valence-corrected chi connectivity index (χ1v) is 6.77. The fraction of sp³-hybridized carbons (Fsp3) is 0.250. The van der Waals surface area contributed by atoms with E-state index < -0.39 is 0 Å². The molecule has 104 valence electrons. The number of hydrogen-bond donors (Lipinski definition) is 2. The molecule has 2 aromatic rings. The number of carbonyl (C=O) groups is 1. The lowest BCUT2D eigenvalue weighted by molar-refractivity contribution is 0.102. The number of nitrogens with one attached hydrogen (secondary N) is 2. The van der Waals surface area contributed by atoms with Crippen LogP contribution in [0.25, 0.3) is 0 Å². The van der Waals surface area contributed by atoms with Gasteiger partial charge in [0, 0.05) is 11.8 Å². The smallest absolute Gasteiger partial charge is 0.272 e. The molecule has 0 aliphatic carbocycles. The number of aryl methyl sites for hydroxylation is 2. The molecule has 0 unspecified atom stereocenters. The number of aromatic amines is 1. The van der Waals surface area contributed by atoms with Gasteiger partial charge in [-0.15, -0.1) is 0 Å². The van der Waals surface area contributed by atoms with Crippen molar-refractivity contribution in [2.75, 3.05) is 5.32 Å². The van der Waals surface area contributed by atoms with E-state index in [2.05, 4.69) is 24.1 Å². The maximum absolute atomic E-state index is 12.2. The molecule has 0 atom stereocenters. The number of para-hydroxylation sites is 1. The van der Waals surface area contributed by atoms with Crippen LogP contribution in [-0.4, -0.2) is 10.9 Å². The van der Waals surface area contributed by atoms with Crippen LogP contribution in [0.5, 0.6) is 0 Å². The van der Waals surface area contributed by atoms with Gasteiger partial charge in [-0.3, -0.25) is 9.59 Å². The van der Waals surface area contributed by atoms with Crippen molar-refractivity contribution >= 4 is 11.6 Å². The normalized spacial score (nSPS) is 10.3. The average molecular weight is 270 g/mol. The van der Waals surface area contributed by atoms with Crippen LogP contribution in [-0.2, 0) is 12.8 Å². The van der Waals surface area contributed by atoms with Gasteiger partial charge in [-0.05, 0) is 30.0 Å². The molecule has 0 aliphatic heterocycles. The van der Waals surface area contributed by atoms with Crippen molar-refractivity contribution in [1.29, 1.82) is 0 Å². The second-order valence-corrected chi connectivity index (χ2v) is 4.54. The van der Waals surface area contributed by atoms with Gasteiger partial charge in [0.2, 0.25) is 5.56 Å². The number of H-pyrrole nitrogens is 1. The maximum atomic E-state index is 12.2. The monoisotopic (exact) mass is 270 g/mol. The van der Waals surface area contributed by atoms with Gasteiger partial charge < -0.3 is 10.3 Å². The van der Waals surface area contributed by atoms with Crippen LogP contribution in [0.3, 0.4) is 0 Å². The molecule has 0 aliphatic rings. The molecule has 0 saturated carbocycles. The molecule has 0 radical (unpaired) electrons. The minimum Gasteiger partial charge on any atom is -0.320 e. The van der Waals surface area contributed by atoms with E-state index in [4.69, 9.17) is 0 Å². The number of carbonyl (C=O) groups excluding carboxylic acids is 1. The lowest BCUT2D eigenvalue weighted by Crippen LogP contribution is -2.19. The van der Waals surface area contributed by atoms with E-state index in [9.17, 15) is 9.59 Å². The van der Waals surface area contributed by atoms with Crippen molar-refractivity contribution in [3.05, 3.63) is 63.6 Å². The molecule has 0 spiro atoms. The third-order valence-electron chi connectivity index (χ3n) is 3.25. The Morgan fingerprint density at radius 2 is 1.65 bits per heavy atom. The predicted octanol–water partition coefficient (Wildman–Crippen LogP) is 2.75. The van der Waals surface area contributed by atoms with Crippen molar-refractivity contribution in [2.24, 2.45) is 0 Å². The third kappa shape index (κ3) is 2.96. The van der Waals surface area contributed by atoms with E-state index in [1.54, 1.807) is 12.1 Å². The summed E-state index contributed by atoms with van der Waals surface area (Å²) in [7, 11) is 0. The first-order chi connectivity index (χ1) is 9.65. The van der Waals surface area contributed by atoms with Crippen LogP contribution in [0.4, 0.5) is 5.69 Å². The molecule has 0 fully saturated rings. The molecule has 1 aromatic heterocycles. The van der Waals surface area contributed by atoms with Gasteiger partial charge in [0.05, 0.1) is 0 Å². The van der Waals surface area contributed by atoms with Gasteiger partial charge in [-0.25, -0.2) is 0 Å². The van der Waals surface area contributed by atoms with Crippen LogP contribution >= 0.6 is 0 Å². The molecule has 0 saturated heterocycles. The molecule has 1 amide bonds. The zero-order valence-corrected chi connectivity index (χ0v) is 11.7. The third-order valence-corrected chi connectivity index (χ3v) is 3.25. The zero-order chi connectivity index (χ0) is 14.5. The standard InChI is InChI=1S/C16H18N2O2/c1-3-11-7-5-8-12(4-2)15(11)18-16(20)13-9-6-10-14(19)17-13/h5-10H,3-4H2,1-2H3,(H,17,19)(H,18,20). The summed E-state index contributed by atoms with van der Waals surface area (Å²) < 4.78 is 0. The molecular weight excluding hydrogens is 252 g/mol. The summed E-state index contributed by atoms with van der Waals surface area (Å²) in [6.45, 7) is 4.10. The van der Waals surface area contributed by atoms with E-state index in [1.807, 2.05) is 18.2 Å². The lowest BCUT2D eigenvalue weighted by Gasteiger charge is -2.14. The van der Waals surface area contributed by atoms with Crippen molar-refractivity contribution in [3.8, 4) is 0 Å². The summed E-state index contributed by atoms with van der Waals surface area (Å²) >= 11 is 0. The summed E-state index contributed by atoms with van der Waals surface area (Å²) in [5, 5.41) is 2.92. The van der Waals surface area contributed by atoms with Crippen LogP contribution < -0.4 is 10.9 Å². The molecule has 4 nitrogen and oxygen atoms in total. The van der Waals surface area contributed by atoms with E-state index in [-0.39, 0.29) is 17.2 Å². The largest absolute Gasteiger partial charge is 0.320 e. The second kappa shape index (κ2) is 6.19. The van der Waals surface area contributed by atoms with Crippen LogP contribution in [0.1, 0.15) is 35.5 Å². The van der Waals surface area contributed by atoms with Crippen LogP contribution in [0.15, 0.2) is 41.2 Å². The number of hydrogen-bond acceptors (Lipinski definition) is 2. The van der Waals surface area contributed by atoms with Gasteiger partial charge in [-0.1, -0.05) is 38.1 Å². The summed E-state index contributed by atoms with van der Waals surface area (Å²) in [6.07, 6.45) is 1.68. The van der Waals surface area contributed by atoms with Crippen molar-refractivity contribution in [1.82, 2.24) is 4.98 Å². The van der Waals surface area contributed by atoms with Gasteiger partial charge in [0.1, 0.15) is 5.69 Å². The minimum atomic E-state index is -0.293. The Kier molecular flexibility index (Phi) is 4.35. The maximum Gasteiger partial charge on any atom is 0.272 e. The van der Waals surface area contributed by atoms with Crippen molar-refractivity contribution in [3.63, 3.8) is 0 Å². The zero-order valence-electron chi connectivity index (χ0n) is 11.7. The Hall–Kier alpha value is -2.36. The van der Waals surface area contributed by atoms with Crippen LogP contribution in [0, 0.1) is 0 Å². The van der Waals surface area contributed by atoms with Gasteiger partial charge >= 0.3 is 0 Å². The molecule has 0 bridgehead atoms. The highest BCUT2D eigenvalue weighted by molar-refractivity contribution is 6.03. The lowest BCUT2D eigenvalue weighted by atomic mass is 10.0. The topological polar surface area (TPSA) is 62.0 Å². The Bertz CT molecular complexity index is 652. The summed E-state index contributed by atoms with van der Waals surface area (Å²) in [5.41, 5.74) is 3.03. The number of aromatic nitrogens is 1. The van der Waals surface area contributed by atoms with E-state index >= 15 is 0 Å². The molecule has 20 heavy (non-hydrogen) atoms. The van der Waals surface area contributed by atoms with E-state index in [0.717, 1.165) is 29.7 Å². The van der Waals surface area contributed by atoms with E-state index in [0.29, 0.717) is 0 Å². The van der Waals surface area contributed by atoms with Crippen molar-refractivity contribution < 1.29 is 4.79 Å².